The van der Waals surface area contributed by atoms with Crippen LogP contribution in [0.25, 0.3) is 0 Å². The lowest BCUT2D eigenvalue weighted by Gasteiger charge is -2.11. The minimum absolute atomic E-state index is 0.530. The van der Waals surface area contributed by atoms with Gasteiger partial charge in [0.25, 0.3) is 0 Å². The van der Waals surface area contributed by atoms with Crippen LogP contribution >= 0.6 is 0 Å². The fraction of sp³-hybridized carbons (Fsp3) is 0.600. The Labute approximate surface area is 99.5 Å². The van der Waals surface area contributed by atoms with Gasteiger partial charge in [-0.2, -0.15) is 0 Å². The lowest BCUT2D eigenvalue weighted by atomic mass is 9.97. The van der Waals surface area contributed by atoms with E-state index in [1.807, 2.05) is 6.92 Å². The van der Waals surface area contributed by atoms with Crippen molar-refractivity contribution in [3.05, 3.63) is 28.8 Å². The first-order valence-corrected chi connectivity index (χ1v) is 6.51. The zero-order valence-corrected chi connectivity index (χ0v) is 10.8. The van der Waals surface area contributed by atoms with E-state index in [9.17, 15) is 5.11 Å². The predicted molar refractivity (Wildman–Crippen MR) is 70.1 cm³/mol. The average molecular weight is 220 g/mol. The first-order chi connectivity index (χ1) is 7.70. The lowest BCUT2D eigenvalue weighted by Crippen LogP contribution is -1.94. The Bertz CT molecular complexity index is 295. The number of hydrogen-bond acceptors (Lipinski definition) is 1. The van der Waals surface area contributed by atoms with Gasteiger partial charge in [0, 0.05) is 0 Å². The van der Waals surface area contributed by atoms with E-state index in [-0.39, 0.29) is 0 Å². The van der Waals surface area contributed by atoms with Crippen molar-refractivity contribution in [1.29, 1.82) is 0 Å². The van der Waals surface area contributed by atoms with E-state index in [0.717, 1.165) is 30.4 Å². The van der Waals surface area contributed by atoms with Gasteiger partial charge in [0.15, 0.2) is 0 Å². The maximum absolute atomic E-state index is 10.1. The summed E-state index contributed by atoms with van der Waals surface area (Å²) in [6.07, 6.45) is 6.82. The number of phenols is 1. The van der Waals surface area contributed by atoms with Crippen LogP contribution in [0.4, 0.5) is 0 Å². The number of unbranched alkanes of at least 4 members (excludes halogenated alkanes) is 2. The molecule has 0 spiro atoms. The maximum Gasteiger partial charge on any atom is 0.121 e. The molecule has 0 aliphatic heterocycles. The van der Waals surface area contributed by atoms with Crippen LogP contribution < -0.4 is 0 Å². The highest BCUT2D eigenvalue weighted by Gasteiger charge is 2.08. The molecule has 0 fully saturated rings. The van der Waals surface area contributed by atoms with E-state index in [1.165, 1.54) is 24.8 Å². The van der Waals surface area contributed by atoms with Gasteiger partial charge in [0.05, 0.1) is 0 Å². The quantitative estimate of drug-likeness (QED) is 0.754. The zero-order valence-electron chi connectivity index (χ0n) is 10.8. The number of hydrogen-bond donors (Lipinski definition) is 1. The smallest absolute Gasteiger partial charge is 0.121 e. The second kappa shape index (κ2) is 6.57. The summed E-state index contributed by atoms with van der Waals surface area (Å²) >= 11 is 0. The second-order valence-corrected chi connectivity index (χ2v) is 4.56. The van der Waals surface area contributed by atoms with E-state index >= 15 is 0 Å². The molecule has 16 heavy (non-hydrogen) atoms. The van der Waals surface area contributed by atoms with Gasteiger partial charge < -0.3 is 5.11 Å². The third-order valence-corrected chi connectivity index (χ3v) is 3.23. The minimum Gasteiger partial charge on any atom is -0.507 e. The largest absolute Gasteiger partial charge is 0.507 e. The molecular formula is C15H24O. The second-order valence-electron chi connectivity index (χ2n) is 4.56. The summed E-state index contributed by atoms with van der Waals surface area (Å²) in [6, 6.07) is 4.29. The predicted octanol–water partition coefficient (Wildman–Crippen LogP) is 4.39. The summed E-state index contributed by atoms with van der Waals surface area (Å²) < 4.78 is 0. The average Bonchev–Trinajstić information content (AvgIpc) is 2.30. The fourth-order valence-electron chi connectivity index (χ4n) is 2.01. The normalized spacial score (nSPS) is 10.7. The van der Waals surface area contributed by atoms with Gasteiger partial charge in [0.1, 0.15) is 5.75 Å². The molecule has 1 N–H and O–H groups in total. The number of aryl methyl sites for hydroxylation is 2. The Hall–Kier alpha value is -0.980. The van der Waals surface area contributed by atoms with Crippen LogP contribution in [-0.2, 0) is 12.8 Å². The number of benzene rings is 1. The molecule has 1 nitrogen and oxygen atoms in total. The third kappa shape index (κ3) is 3.26. The molecule has 0 aliphatic carbocycles. The van der Waals surface area contributed by atoms with Crippen LogP contribution in [0.1, 0.15) is 56.2 Å². The van der Waals surface area contributed by atoms with Crippen LogP contribution in [-0.4, -0.2) is 5.11 Å². The van der Waals surface area contributed by atoms with Gasteiger partial charge in [-0.05, 0) is 49.3 Å². The highest BCUT2D eigenvalue weighted by Crippen LogP contribution is 2.27. The molecule has 90 valence electrons. The monoisotopic (exact) mass is 220 g/mol. The van der Waals surface area contributed by atoms with Gasteiger partial charge in [-0.25, -0.2) is 0 Å². The molecule has 0 aliphatic rings. The van der Waals surface area contributed by atoms with Crippen LogP contribution in [0.5, 0.6) is 5.75 Å². The summed E-state index contributed by atoms with van der Waals surface area (Å²) in [5.74, 6) is 0.530. The Morgan fingerprint density at radius 2 is 1.44 bits per heavy atom. The van der Waals surface area contributed by atoms with E-state index < -0.39 is 0 Å². The van der Waals surface area contributed by atoms with Crippen molar-refractivity contribution in [3.63, 3.8) is 0 Å². The molecule has 0 aromatic heterocycles. The zero-order chi connectivity index (χ0) is 12.0. The van der Waals surface area contributed by atoms with E-state index in [4.69, 9.17) is 0 Å². The van der Waals surface area contributed by atoms with Crippen LogP contribution in [0.15, 0.2) is 12.1 Å². The van der Waals surface area contributed by atoms with Gasteiger partial charge in [-0.1, -0.05) is 38.8 Å². The van der Waals surface area contributed by atoms with Crippen molar-refractivity contribution in [2.45, 2.75) is 59.3 Å². The highest BCUT2D eigenvalue weighted by atomic mass is 16.3. The first-order valence-electron chi connectivity index (χ1n) is 6.51. The molecule has 0 amide bonds. The Kier molecular flexibility index (Phi) is 5.37. The minimum atomic E-state index is 0.530. The summed E-state index contributed by atoms with van der Waals surface area (Å²) in [6.45, 7) is 6.42. The van der Waals surface area contributed by atoms with Crippen molar-refractivity contribution in [2.24, 2.45) is 0 Å². The van der Waals surface area contributed by atoms with Crippen LogP contribution in [0, 0.1) is 6.92 Å². The van der Waals surface area contributed by atoms with Crippen molar-refractivity contribution in [3.8, 4) is 5.75 Å². The molecular weight excluding hydrogens is 196 g/mol. The molecule has 0 atom stereocenters. The summed E-state index contributed by atoms with van der Waals surface area (Å²) in [5.41, 5.74) is 3.50. The Morgan fingerprint density at radius 1 is 0.938 bits per heavy atom. The van der Waals surface area contributed by atoms with Crippen molar-refractivity contribution in [1.82, 2.24) is 0 Å². The molecule has 0 saturated carbocycles. The molecule has 1 heteroatoms. The number of rotatable bonds is 6. The summed E-state index contributed by atoms with van der Waals surface area (Å²) in [5, 5.41) is 10.1. The standard InChI is InChI=1S/C15H24O/c1-4-6-8-13-10-11-14(9-7-5-2)15(16)12(13)3/h10-11,16H,4-9H2,1-3H3. The molecule has 1 aromatic carbocycles. The Morgan fingerprint density at radius 3 is 2.00 bits per heavy atom. The maximum atomic E-state index is 10.1. The van der Waals surface area contributed by atoms with Crippen LogP contribution in [0.3, 0.4) is 0 Å². The van der Waals surface area contributed by atoms with Gasteiger partial charge in [-0.3, -0.25) is 0 Å². The molecule has 0 bridgehead atoms. The molecule has 1 rings (SSSR count). The van der Waals surface area contributed by atoms with Gasteiger partial charge >= 0.3 is 0 Å². The van der Waals surface area contributed by atoms with Gasteiger partial charge in [0.2, 0.25) is 0 Å². The highest BCUT2D eigenvalue weighted by molar-refractivity contribution is 5.44. The SMILES string of the molecule is CCCCc1ccc(CCCC)c(O)c1C. The van der Waals surface area contributed by atoms with E-state index in [2.05, 4.69) is 26.0 Å². The Balaban J connectivity index is 2.81. The molecule has 1 aromatic rings. The third-order valence-electron chi connectivity index (χ3n) is 3.23. The summed E-state index contributed by atoms with van der Waals surface area (Å²) in [7, 11) is 0. The van der Waals surface area contributed by atoms with Crippen molar-refractivity contribution in [2.75, 3.05) is 0 Å². The first kappa shape index (κ1) is 13.1. The summed E-state index contributed by atoms with van der Waals surface area (Å²) in [4.78, 5) is 0. The molecule has 0 unspecified atom stereocenters. The number of aromatic hydroxyl groups is 1. The van der Waals surface area contributed by atoms with Gasteiger partial charge in [-0.15, -0.1) is 0 Å². The fourth-order valence-corrected chi connectivity index (χ4v) is 2.01. The van der Waals surface area contributed by atoms with E-state index in [1.54, 1.807) is 0 Å². The lowest BCUT2D eigenvalue weighted by molar-refractivity contribution is 0.461. The van der Waals surface area contributed by atoms with Crippen LogP contribution in [0.2, 0.25) is 0 Å². The molecule has 0 radical (unpaired) electrons. The van der Waals surface area contributed by atoms with Crippen molar-refractivity contribution < 1.29 is 5.11 Å². The molecule has 0 heterocycles. The topological polar surface area (TPSA) is 20.2 Å². The van der Waals surface area contributed by atoms with Crippen molar-refractivity contribution >= 4 is 0 Å². The molecule has 0 saturated heterocycles. The number of phenolic OH excluding ortho intramolecular Hbond substituents is 1. The van der Waals surface area contributed by atoms with E-state index in [0.29, 0.717) is 5.75 Å².